The Kier molecular flexibility index (Phi) is 3.50. The predicted molar refractivity (Wildman–Crippen MR) is 60.4 cm³/mol. The highest BCUT2D eigenvalue weighted by Gasteiger charge is 2.46. The molecule has 0 aromatic heterocycles. The number of hydrogen-bond donors (Lipinski definition) is 1. The first kappa shape index (κ1) is 11.9. The number of carbonyl (C=O) groups is 1. The molecule has 2 fully saturated rings. The molecular weight excluding hydrogens is 206 g/mol. The number of morpholine rings is 1. The quantitative estimate of drug-likeness (QED) is 0.773. The van der Waals surface area contributed by atoms with Crippen molar-refractivity contribution in [2.45, 2.75) is 38.1 Å². The molecule has 16 heavy (non-hydrogen) atoms. The van der Waals surface area contributed by atoms with Gasteiger partial charge in [0.1, 0.15) is 5.54 Å². The van der Waals surface area contributed by atoms with Crippen LogP contribution in [0, 0.1) is 5.92 Å². The zero-order valence-electron chi connectivity index (χ0n) is 9.95. The van der Waals surface area contributed by atoms with Gasteiger partial charge in [-0.05, 0) is 18.8 Å². The van der Waals surface area contributed by atoms with Crippen molar-refractivity contribution in [3.63, 3.8) is 0 Å². The summed E-state index contributed by atoms with van der Waals surface area (Å²) in [4.78, 5) is 13.8. The maximum absolute atomic E-state index is 11.6. The molecule has 1 N–H and O–H groups in total. The molecule has 2 rings (SSSR count). The third kappa shape index (κ3) is 2.09. The van der Waals surface area contributed by atoms with Crippen LogP contribution in [0.5, 0.6) is 0 Å². The van der Waals surface area contributed by atoms with Gasteiger partial charge >= 0.3 is 5.97 Å². The van der Waals surface area contributed by atoms with Crippen molar-refractivity contribution in [3.05, 3.63) is 0 Å². The summed E-state index contributed by atoms with van der Waals surface area (Å²) in [6, 6.07) is 0. The molecule has 1 saturated heterocycles. The van der Waals surface area contributed by atoms with Gasteiger partial charge in [-0.3, -0.25) is 9.69 Å². The van der Waals surface area contributed by atoms with E-state index >= 15 is 0 Å². The van der Waals surface area contributed by atoms with Crippen molar-refractivity contribution in [1.82, 2.24) is 4.90 Å². The van der Waals surface area contributed by atoms with Crippen LogP contribution in [0.1, 0.15) is 32.6 Å². The topological polar surface area (TPSA) is 49.8 Å². The van der Waals surface area contributed by atoms with E-state index in [0.29, 0.717) is 19.1 Å². The summed E-state index contributed by atoms with van der Waals surface area (Å²) in [5, 5.41) is 9.58. The molecule has 1 aliphatic carbocycles. The summed E-state index contributed by atoms with van der Waals surface area (Å²) < 4.78 is 5.31. The Labute approximate surface area is 96.6 Å². The molecule has 4 heteroatoms. The number of aliphatic carboxylic acids is 1. The average molecular weight is 227 g/mol. The van der Waals surface area contributed by atoms with Crippen LogP contribution in [0.3, 0.4) is 0 Å². The Balaban J connectivity index is 2.16. The van der Waals surface area contributed by atoms with E-state index in [0.717, 1.165) is 32.4 Å². The van der Waals surface area contributed by atoms with Gasteiger partial charge in [0, 0.05) is 13.1 Å². The van der Waals surface area contributed by atoms with E-state index in [1.54, 1.807) is 0 Å². The summed E-state index contributed by atoms with van der Waals surface area (Å²) in [6.45, 7) is 5.03. The van der Waals surface area contributed by atoms with Gasteiger partial charge in [-0.15, -0.1) is 0 Å². The molecular formula is C12H21NO3. The van der Waals surface area contributed by atoms with Crippen molar-refractivity contribution >= 4 is 5.97 Å². The van der Waals surface area contributed by atoms with Crippen LogP contribution in [0.4, 0.5) is 0 Å². The molecule has 92 valence electrons. The van der Waals surface area contributed by atoms with Crippen molar-refractivity contribution in [2.24, 2.45) is 5.92 Å². The predicted octanol–water partition coefficient (Wildman–Crippen LogP) is 1.35. The van der Waals surface area contributed by atoms with E-state index in [1.165, 1.54) is 6.42 Å². The summed E-state index contributed by atoms with van der Waals surface area (Å²) in [5.41, 5.74) is -0.610. The maximum atomic E-state index is 11.6. The first-order chi connectivity index (χ1) is 7.65. The van der Waals surface area contributed by atoms with Crippen molar-refractivity contribution in [3.8, 4) is 0 Å². The molecule has 1 aliphatic heterocycles. The van der Waals surface area contributed by atoms with Gasteiger partial charge < -0.3 is 9.84 Å². The molecule has 0 radical (unpaired) electrons. The lowest BCUT2D eigenvalue weighted by atomic mass is 9.75. The Hall–Kier alpha value is -0.610. The smallest absolute Gasteiger partial charge is 0.324 e. The first-order valence-electron chi connectivity index (χ1n) is 6.21. The molecule has 2 atom stereocenters. The van der Waals surface area contributed by atoms with Crippen molar-refractivity contribution < 1.29 is 14.6 Å². The maximum Gasteiger partial charge on any atom is 0.324 e. The SMILES string of the molecule is CC1CCCC(C(=O)O)(N2CCOCC2)C1. The standard InChI is InChI=1S/C12H21NO3/c1-10-3-2-4-12(9-10,11(14)15)13-5-7-16-8-6-13/h10H,2-9H2,1H3,(H,14,15). The van der Waals surface area contributed by atoms with E-state index in [1.807, 2.05) is 0 Å². The molecule has 0 bridgehead atoms. The second kappa shape index (κ2) is 4.72. The van der Waals surface area contributed by atoms with E-state index in [4.69, 9.17) is 4.74 Å². The summed E-state index contributed by atoms with van der Waals surface area (Å²) in [7, 11) is 0. The molecule has 2 unspecified atom stereocenters. The number of nitrogens with zero attached hydrogens (tertiary/aromatic N) is 1. The fourth-order valence-corrected chi connectivity index (χ4v) is 3.13. The number of hydrogen-bond acceptors (Lipinski definition) is 3. The number of carboxylic acid groups (broad SMARTS) is 1. The molecule has 0 aromatic carbocycles. The van der Waals surface area contributed by atoms with Gasteiger partial charge in [0.15, 0.2) is 0 Å². The minimum absolute atomic E-state index is 0.521. The number of carboxylic acids is 1. The molecule has 0 spiro atoms. The summed E-state index contributed by atoms with van der Waals surface area (Å²) in [5.74, 6) is -0.117. The van der Waals surface area contributed by atoms with Gasteiger partial charge in [0.2, 0.25) is 0 Å². The molecule has 1 saturated carbocycles. The van der Waals surface area contributed by atoms with Gasteiger partial charge in [0.05, 0.1) is 13.2 Å². The van der Waals surface area contributed by atoms with Gasteiger partial charge in [0.25, 0.3) is 0 Å². The van der Waals surface area contributed by atoms with Crippen LogP contribution < -0.4 is 0 Å². The summed E-state index contributed by atoms with van der Waals surface area (Å²) in [6.07, 6.45) is 3.79. The Morgan fingerprint density at radius 3 is 2.69 bits per heavy atom. The highest BCUT2D eigenvalue weighted by atomic mass is 16.5. The largest absolute Gasteiger partial charge is 0.480 e. The molecule has 4 nitrogen and oxygen atoms in total. The van der Waals surface area contributed by atoms with E-state index in [-0.39, 0.29) is 0 Å². The summed E-state index contributed by atoms with van der Waals surface area (Å²) >= 11 is 0. The second-order valence-electron chi connectivity index (χ2n) is 5.14. The molecule has 1 heterocycles. The zero-order chi connectivity index (χ0) is 11.6. The Morgan fingerprint density at radius 2 is 2.12 bits per heavy atom. The highest BCUT2D eigenvalue weighted by Crippen LogP contribution is 2.37. The lowest BCUT2D eigenvalue weighted by molar-refractivity contribution is -0.159. The van der Waals surface area contributed by atoms with E-state index < -0.39 is 11.5 Å². The Bertz CT molecular complexity index is 263. The first-order valence-corrected chi connectivity index (χ1v) is 6.21. The molecule has 0 aromatic rings. The van der Waals surface area contributed by atoms with Gasteiger partial charge in [-0.2, -0.15) is 0 Å². The zero-order valence-corrected chi connectivity index (χ0v) is 9.95. The second-order valence-corrected chi connectivity index (χ2v) is 5.14. The minimum Gasteiger partial charge on any atom is -0.480 e. The van der Waals surface area contributed by atoms with Crippen molar-refractivity contribution in [1.29, 1.82) is 0 Å². The van der Waals surface area contributed by atoms with Gasteiger partial charge in [-0.1, -0.05) is 19.8 Å². The van der Waals surface area contributed by atoms with Crippen LogP contribution >= 0.6 is 0 Å². The Morgan fingerprint density at radius 1 is 1.44 bits per heavy atom. The highest BCUT2D eigenvalue weighted by molar-refractivity contribution is 5.79. The van der Waals surface area contributed by atoms with Gasteiger partial charge in [-0.25, -0.2) is 0 Å². The fraction of sp³-hybridized carbons (Fsp3) is 0.917. The van der Waals surface area contributed by atoms with Crippen LogP contribution in [0.25, 0.3) is 0 Å². The van der Waals surface area contributed by atoms with E-state index in [9.17, 15) is 9.90 Å². The lowest BCUT2D eigenvalue weighted by Gasteiger charge is -2.46. The monoisotopic (exact) mass is 227 g/mol. The van der Waals surface area contributed by atoms with Crippen LogP contribution in [-0.4, -0.2) is 47.8 Å². The van der Waals surface area contributed by atoms with E-state index in [2.05, 4.69) is 11.8 Å². The normalized spacial score (nSPS) is 37.2. The third-order valence-corrected chi connectivity index (χ3v) is 3.99. The van der Waals surface area contributed by atoms with Crippen LogP contribution in [0.15, 0.2) is 0 Å². The van der Waals surface area contributed by atoms with Crippen LogP contribution in [-0.2, 0) is 9.53 Å². The fourth-order valence-electron chi connectivity index (χ4n) is 3.13. The molecule has 2 aliphatic rings. The molecule has 0 amide bonds. The minimum atomic E-state index is -0.638. The average Bonchev–Trinajstić information content (AvgIpc) is 2.30. The van der Waals surface area contributed by atoms with Crippen molar-refractivity contribution in [2.75, 3.05) is 26.3 Å². The number of rotatable bonds is 2. The third-order valence-electron chi connectivity index (χ3n) is 3.99. The lowest BCUT2D eigenvalue weighted by Crippen LogP contribution is -2.60. The number of ether oxygens (including phenoxy) is 1. The van der Waals surface area contributed by atoms with Crippen LogP contribution in [0.2, 0.25) is 0 Å².